The molecular formula is C10H11N3O2S. The van der Waals surface area contributed by atoms with Gasteiger partial charge in [-0.15, -0.1) is 11.3 Å². The molecule has 0 aromatic carbocycles. The molecule has 16 heavy (non-hydrogen) atoms. The molecule has 0 aliphatic carbocycles. The minimum atomic E-state index is 0.0136. The van der Waals surface area contributed by atoms with Crippen molar-refractivity contribution < 1.29 is 9.32 Å². The van der Waals surface area contributed by atoms with Gasteiger partial charge in [0.15, 0.2) is 5.82 Å². The maximum absolute atomic E-state index is 10.8. The third kappa shape index (κ3) is 2.73. The van der Waals surface area contributed by atoms with Gasteiger partial charge in [-0.3, -0.25) is 4.79 Å². The fourth-order valence-electron chi connectivity index (χ4n) is 1.30. The summed E-state index contributed by atoms with van der Waals surface area (Å²) in [4.78, 5) is 19.3. The van der Waals surface area contributed by atoms with Crippen LogP contribution in [0.3, 0.4) is 0 Å². The second-order valence-corrected chi connectivity index (χ2v) is 4.58. The smallest absolute Gasteiger partial charge is 0.234 e. The van der Waals surface area contributed by atoms with E-state index in [1.807, 2.05) is 12.3 Å². The van der Waals surface area contributed by atoms with Crippen molar-refractivity contribution >= 4 is 17.1 Å². The zero-order valence-corrected chi connectivity index (χ0v) is 9.87. The summed E-state index contributed by atoms with van der Waals surface area (Å²) in [6.45, 7) is 3.44. The van der Waals surface area contributed by atoms with Crippen LogP contribution < -0.4 is 0 Å². The van der Waals surface area contributed by atoms with Crippen molar-refractivity contribution in [3.8, 4) is 0 Å². The second-order valence-electron chi connectivity index (χ2n) is 3.52. The standard InChI is InChI=1S/C10H11N3O2S/c1-6(14)3-10-12-9(13-15-10)4-8-5-16-7(2)11-8/h5H,3-4H2,1-2H3. The van der Waals surface area contributed by atoms with Crippen LogP contribution in [0.25, 0.3) is 0 Å². The summed E-state index contributed by atoms with van der Waals surface area (Å²) < 4.78 is 4.95. The minimum Gasteiger partial charge on any atom is -0.339 e. The molecule has 0 aliphatic heterocycles. The number of carbonyl (C=O) groups is 1. The van der Waals surface area contributed by atoms with E-state index in [0.717, 1.165) is 10.7 Å². The summed E-state index contributed by atoms with van der Waals surface area (Å²) in [6, 6.07) is 0. The van der Waals surface area contributed by atoms with Crippen molar-refractivity contribution in [2.45, 2.75) is 26.7 Å². The predicted octanol–water partition coefficient (Wildman–Crippen LogP) is 1.56. The van der Waals surface area contributed by atoms with E-state index in [2.05, 4.69) is 15.1 Å². The number of nitrogens with zero attached hydrogens (tertiary/aromatic N) is 3. The Morgan fingerprint density at radius 3 is 2.94 bits per heavy atom. The Labute approximate surface area is 96.5 Å². The topological polar surface area (TPSA) is 68.9 Å². The highest BCUT2D eigenvalue weighted by atomic mass is 32.1. The highest BCUT2D eigenvalue weighted by Crippen LogP contribution is 2.11. The van der Waals surface area contributed by atoms with Crippen molar-refractivity contribution in [2.75, 3.05) is 0 Å². The van der Waals surface area contributed by atoms with Crippen LogP contribution in [0.15, 0.2) is 9.90 Å². The molecule has 0 atom stereocenters. The van der Waals surface area contributed by atoms with Crippen LogP contribution in [0.5, 0.6) is 0 Å². The molecular weight excluding hydrogens is 226 g/mol. The summed E-state index contributed by atoms with van der Waals surface area (Å²) in [7, 11) is 0. The lowest BCUT2D eigenvalue weighted by Gasteiger charge is -1.87. The highest BCUT2D eigenvalue weighted by Gasteiger charge is 2.10. The van der Waals surface area contributed by atoms with Crippen molar-refractivity contribution in [1.29, 1.82) is 0 Å². The van der Waals surface area contributed by atoms with Crippen molar-refractivity contribution in [2.24, 2.45) is 0 Å². The molecule has 2 aromatic rings. The monoisotopic (exact) mass is 237 g/mol. The number of aromatic nitrogens is 3. The van der Waals surface area contributed by atoms with Crippen LogP contribution in [-0.2, 0) is 17.6 Å². The first-order chi connectivity index (χ1) is 7.63. The lowest BCUT2D eigenvalue weighted by atomic mass is 10.3. The van der Waals surface area contributed by atoms with E-state index < -0.39 is 0 Å². The van der Waals surface area contributed by atoms with Gasteiger partial charge in [-0.1, -0.05) is 5.16 Å². The SMILES string of the molecule is CC(=O)Cc1nc(Cc2csc(C)n2)no1. The van der Waals surface area contributed by atoms with Crippen LogP contribution in [0.1, 0.15) is 29.3 Å². The van der Waals surface area contributed by atoms with Gasteiger partial charge >= 0.3 is 0 Å². The first-order valence-electron chi connectivity index (χ1n) is 4.85. The highest BCUT2D eigenvalue weighted by molar-refractivity contribution is 7.09. The van der Waals surface area contributed by atoms with Crippen LogP contribution in [0, 0.1) is 6.92 Å². The maximum atomic E-state index is 10.8. The molecule has 84 valence electrons. The Balaban J connectivity index is 2.05. The number of carbonyl (C=O) groups excluding carboxylic acids is 1. The summed E-state index contributed by atoms with van der Waals surface area (Å²) in [5, 5.41) is 6.78. The molecule has 0 radical (unpaired) electrons. The van der Waals surface area contributed by atoms with E-state index in [9.17, 15) is 4.79 Å². The van der Waals surface area contributed by atoms with E-state index in [0.29, 0.717) is 18.1 Å². The number of Topliss-reactive ketones (excluding diaryl/α,β-unsaturated/α-hetero) is 1. The van der Waals surface area contributed by atoms with E-state index >= 15 is 0 Å². The van der Waals surface area contributed by atoms with Gasteiger partial charge in [-0.05, 0) is 13.8 Å². The molecule has 2 heterocycles. The van der Waals surface area contributed by atoms with Gasteiger partial charge < -0.3 is 4.52 Å². The largest absolute Gasteiger partial charge is 0.339 e. The predicted molar refractivity (Wildman–Crippen MR) is 58.3 cm³/mol. The molecule has 0 bridgehead atoms. The molecule has 6 heteroatoms. The molecule has 0 unspecified atom stereocenters. The number of aryl methyl sites for hydroxylation is 1. The van der Waals surface area contributed by atoms with E-state index in [-0.39, 0.29) is 12.2 Å². The third-order valence-corrected chi connectivity index (χ3v) is 2.74. The average molecular weight is 237 g/mol. The summed E-state index contributed by atoms with van der Waals surface area (Å²) in [5.41, 5.74) is 0.928. The fourth-order valence-corrected chi connectivity index (χ4v) is 1.91. The average Bonchev–Trinajstić information content (AvgIpc) is 2.76. The molecule has 0 spiro atoms. The van der Waals surface area contributed by atoms with E-state index in [1.54, 1.807) is 11.3 Å². The van der Waals surface area contributed by atoms with Gasteiger partial charge in [0, 0.05) is 5.38 Å². The molecule has 2 rings (SSSR count). The fraction of sp³-hybridized carbons (Fsp3) is 0.400. The molecule has 0 saturated carbocycles. The van der Waals surface area contributed by atoms with Gasteiger partial charge in [-0.2, -0.15) is 4.98 Å². The van der Waals surface area contributed by atoms with Gasteiger partial charge in [0.1, 0.15) is 5.78 Å². The van der Waals surface area contributed by atoms with Crippen LogP contribution in [-0.4, -0.2) is 20.9 Å². The zero-order valence-electron chi connectivity index (χ0n) is 9.06. The molecule has 0 aliphatic rings. The molecule has 0 saturated heterocycles. The Bertz CT molecular complexity index is 504. The first-order valence-corrected chi connectivity index (χ1v) is 5.73. The van der Waals surface area contributed by atoms with Gasteiger partial charge in [0.2, 0.25) is 5.89 Å². The number of thiazole rings is 1. The van der Waals surface area contributed by atoms with E-state index in [4.69, 9.17) is 4.52 Å². The summed E-state index contributed by atoms with van der Waals surface area (Å²) in [6.07, 6.45) is 0.745. The number of rotatable bonds is 4. The van der Waals surface area contributed by atoms with Gasteiger partial charge in [-0.25, -0.2) is 4.98 Å². The van der Waals surface area contributed by atoms with Gasteiger partial charge in [0.25, 0.3) is 0 Å². The van der Waals surface area contributed by atoms with Crippen molar-refractivity contribution in [1.82, 2.24) is 15.1 Å². The Morgan fingerprint density at radius 2 is 2.31 bits per heavy atom. The number of ketones is 1. The molecule has 0 amide bonds. The third-order valence-electron chi connectivity index (χ3n) is 1.92. The summed E-state index contributed by atoms with van der Waals surface area (Å²) >= 11 is 1.59. The van der Waals surface area contributed by atoms with Crippen LogP contribution in [0.4, 0.5) is 0 Å². The Kier molecular flexibility index (Phi) is 3.09. The molecule has 5 nitrogen and oxygen atoms in total. The normalized spacial score (nSPS) is 10.6. The molecule has 0 fully saturated rings. The van der Waals surface area contributed by atoms with Crippen molar-refractivity contribution in [3.63, 3.8) is 0 Å². The van der Waals surface area contributed by atoms with Gasteiger partial charge in [0.05, 0.1) is 23.5 Å². The quantitative estimate of drug-likeness (QED) is 0.807. The van der Waals surface area contributed by atoms with E-state index in [1.165, 1.54) is 6.92 Å². The first kappa shape index (κ1) is 10.9. The van der Waals surface area contributed by atoms with Crippen LogP contribution >= 0.6 is 11.3 Å². The maximum Gasteiger partial charge on any atom is 0.234 e. The number of hydrogen-bond acceptors (Lipinski definition) is 6. The van der Waals surface area contributed by atoms with Crippen LogP contribution in [0.2, 0.25) is 0 Å². The lowest BCUT2D eigenvalue weighted by Crippen LogP contribution is -1.97. The number of hydrogen-bond donors (Lipinski definition) is 0. The Hall–Kier alpha value is -1.56. The minimum absolute atomic E-state index is 0.0136. The summed E-state index contributed by atoms with van der Waals surface area (Å²) in [5.74, 6) is 0.954. The zero-order chi connectivity index (χ0) is 11.5. The Morgan fingerprint density at radius 1 is 1.50 bits per heavy atom. The molecule has 0 N–H and O–H groups in total. The van der Waals surface area contributed by atoms with Crippen molar-refractivity contribution in [3.05, 3.63) is 27.8 Å². The lowest BCUT2D eigenvalue weighted by molar-refractivity contribution is -0.116. The second kappa shape index (κ2) is 4.52. The molecule has 2 aromatic heterocycles.